The molecule has 0 atom stereocenters. The summed E-state index contributed by atoms with van der Waals surface area (Å²) in [5.74, 6) is -0.986. The largest absolute Gasteiger partial charge is 1.00 e. The summed E-state index contributed by atoms with van der Waals surface area (Å²) in [7, 11) is 0. The van der Waals surface area contributed by atoms with Gasteiger partial charge in [-0.25, -0.2) is 0 Å². The van der Waals surface area contributed by atoms with Crippen molar-refractivity contribution in [1.82, 2.24) is 9.97 Å². The van der Waals surface area contributed by atoms with Crippen LogP contribution in [-0.4, -0.2) is 9.97 Å². The summed E-state index contributed by atoms with van der Waals surface area (Å²) in [6, 6.07) is 0. The summed E-state index contributed by atoms with van der Waals surface area (Å²) in [6.07, 6.45) is 0. The van der Waals surface area contributed by atoms with Crippen LogP contribution >= 0.6 is 0 Å². The van der Waals surface area contributed by atoms with E-state index < -0.39 is 11.6 Å². The first-order chi connectivity index (χ1) is 6.19. The topological polar surface area (TPSA) is 146 Å². The van der Waals surface area contributed by atoms with E-state index in [0.717, 1.165) is 0 Å². The van der Waals surface area contributed by atoms with Gasteiger partial charge in [-0.1, -0.05) is 0 Å². The fourth-order valence-electron chi connectivity index (χ4n) is 0.653. The minimum atomic E-state index is -0.463. The van der Waals surface area contributed by atoms with E-state index in [1.54, 1.807) is 0 Å². The molecule has 14 heavy (non-hydrogen) atoms. The smallest absolute Gasteiger partial charge is 1.00 e. The molecule has 10 heteroatoms. The standard InChI is InChI=1S/C4H4N6O3.Na.H/c5-2-1(9-11)3(13-10-12)8-4(6)7-2;;/h(H4,5,6,7,8);;/q;+1;-1. The first kappa shape index (κ1) is 12.7. The molecule has 1 aromatic rings. The van der Waals surface area contributed by atoms with Crippen LogP contribution in [0.5, 0.6) is 5.88 Å². The van der Waals surface area contributed by atoms with Crippen LogP contribution in [-0.2, 0) is 0 Å². The van der Waals surface area contributed by atoms with Crippen molar-refractivity contribution in [3.63, 3.8) is 0 Å². The third-order valence-electron chi connectivity index (χ3n) is 1.11. The maximum absolute atomic E-state index is 10.2. The third kappa shape index (κ3) is 2.58. The molecular weight excluding hydrogens is 203 g/mol. The third-order valence-corrected chi connectivity index (χ3v) is 1.11. The normalized spacial score (nSPS) is 8.57. The summed E-state index contributed by atoms with van der Waals surface area (Å²) in [5.41, 5.74) is 9.95. The number of hydrogen-bond donors (Lipinski definition) is 2. The number of nitrogen functional groups attached to an aromatic ring is 2. The first-order valence-electron chi connectivity index (χ1n) is 2.95. The van der Waals surface area contributed by atoms with Crippen LogP contribution in [0.1, 0.15) is 1.43 Å². The van der Waals surface area contributed by atoms with Gasteiger partial charge in [0.1, 0.15) is 0 Å². The second kappa shape index (κ2) is 5.42. The van der Waals surface area contributed by atoms with Crippen LogP contribution < -0.4 is 45.9 Å². The van der Waals surface area contributed by atoms with E-state index in [4.69, 9.17) is 11.5 Å². The van der Waals surface area contributed by atoms with Crippen molar-refractivity contribution in [1.29, 1.82) is 0 Å². The van der Waals surface area contributed by atoms with E-state index >= 15 is 0 Å². The second-order valence-electron chi connectivity index (χ2n) is 1.88. The quantitative estimate of drug-likeness (QED) is 0.310. The molecule has 4 N–H and O–H groups in total. The number of rotatable bonds is 3. The number of anilines is 2. The molecule has 0 aliphatic heterocycles. The summed E-state index contributed by atoms with van der Waals surface area (Å²) < 4.78 is 0. The van der Waals surface area contributed by atoms with Crippen LogP contribution in [0.3, 0.4) is 0 Å². The number of nitroso groups, excluding NO2 is 1. The Morgan fingerprint density at radius 3 is 2.43 bits per heavy atom. The van der Waals surface area contributed by atoms with Gasteiger partial charge in [-0.2, -0.15) is 9.97 Å². The van der Waals surface area contributed by atoms with Crippen LogP contribution in [0.15, 0.2) is 10.5 Å². The van der Waals surface area contributed by atoms with Crippen molar-refractivity contribution in [3.8, 4) is 5.88 Å². The summed E-state index contributed by atoms with van der Waals surface area (Å²) in [4.78, 5) is 30.7. The van der Waals surface area contributed by atoms with E-state index in [2.05, 4.69) is 20.0 Å². The van der Waals surface area contributed by atoms with Gasteiger partial charge in [-0.3, -0.25) is 0 Å². The Kier molecular flexibility index (Phi) is 4.91. The molecule has 70 valence electrons. The monoisotopic (exact) mass is 208 g/mol. The molecule has 1 rings (SSSR count). The minimum Gasteiger partial charge on any atom is -1.00 e. The van der Waals surface area contributed by atoms with Gasteiger partial charge in [0.2, 0.25) is 11.6 Å². The van der Waals surface area contributed by atoms with Crippen LogP contribution in [0.2, 0.25) is 0 Å². The van der Waals surface area contributed by atoms with Crippen molar-refractivity contribution < 1.29 is 35.8 Å². The van der Waals surface area contributed by atoms with Crippen molar-refractivity contribution in [3.05, 3.63) is 9.81 Å². The zero-order chi connectivity index (χ0) is 9.84. The molecule has 0 saturated carbocycles. The summed E-state index contributed by atoms with van der Waals surface area (Å²) in [5, 5.41) is 4.50. The predicted molar refractivity (Wildman–Crippen MR) is 43.8 cm³/mol. The van der Waals surface area contributed by atoms with Gasteiger partial charge in [0.05, 0.1) is 0 Å². The molecule has 0 fully saturated rings. The molecule has 0 aliphatic carbocycles. The molecular formula is C4H5N6NaO3. The van der Waals surface area contributed by atoms with Crippen molar-refractivity contribution >= 4 is 17.5 Å². The van der Waals surface area contributed by atoms with E-state index in [-0.39, 0.29) is 42.8 Å². The van der Waals surface area contributed by atoms with Gasteiger partial charge < -0.3 is 17.7 Å². The predicted octanol–water partition coefficient (Wildman–Crippen LogP) is -2.78. The SMILES string of the molecule is Nc1nc(N)c(N=O)c(ON=O)n1.[H-].[Na+]. The van der Waals surface area contributed by atoms with Gasteiger partial charge >= 0.3 is 29.6 Å². The molecule has 0 saturated heterocycles. The molecule has 0 bridgehead atoms. The molecule has 0 radical (unpaired) electrons. The fourth-order valence-corrected chi connectivity index (χ4v) is 0.653. The Bertz CT molecular complexity index is 362. The van der Waals surface area contributed by atoms with Gasteiger partial charge in [0.25, 0.3) is 5.88 Å². The van der Waals surface area contributed by atoms with Gasteiger partial charge in [-0.15, -0.1) is 9.81 Å². The molecule has 0 amide bonds. The summed E-state index contributed by atoms with van der Waals surface area (Å²) >= 11 is 0. The molecule has 0 aromatic carbocycles. The fraction of sp³-hybridized carbons (Fsp3) is 0. The van der Waals surface area contributed by atoms with E-state index in [1.807, 2.05) is 5.34 Å². The Labute approximate surface area is 101 Å². The van der Waals surface area contributed by atoms with E-state index in [0.29, 0.717) is 0 Å². The van der Waals surface area contributed by atoms with Crippen LogP contribution in [0.25, 0.3) is 0 Å². The van der Waals surface area contributed by atoms with Crippen molar-refractivity contribution in [2.75, 3.05) is 11.5 Å². The van der Waals surface area contributed by atoms with Crippen LogP contribution in [0, 0.1) is 9.81 Å². The molecule has 1 aromatic heterocycles. The average molecular weight is 208 g/mol. The maximum atomic E-state index is 10.2. The number of nitrogens with two attached hydrogens (primary N) is 2. The van der Waals surface area contributed by atoms with E-state index in [1.165, 1.54) is 0 Å². The maximum Gasteiger partial charge on any atom is 1.00 e. The van der Waals surface area contributed by atoms with Crippen molar-refractivity contribution in [2.24, 2.45) is 10.5 Å². The molecule has 1 heterocycles. The molecule has 9 nitrogen and oxygen atoms in total. The molecule has 0 aliphatic rings. The molecule has 0 unspecified atom stereocenters. The molecule has 0 spiro atoms. The zero-order valence-corrected chi connectivity index (χ0v) is 9.17. The van der Waals surface area contributed by atoms with Gasteiger partial charge in [0, 0.05) is 0 Å². The van der Waals surface area contributed by atoms with E-state index in [9.17, 15) is 9.81 Å². The second-order valence-corrected chi connectivity index (χ2v) is 1.88. The van der Waals surface area contributed by atoms with Gasteiger partial charge in [0.15, 0.2) is 11.2 Å². The van der Waals surface area contributed by atoms with Crippen LogP contribution in [0.4, 0.5) is 17.5 Å². The average Bonchev–Trinajstić information content (AvgIpc) is 2.04. The Hall–Kier alpha value is -1.32. The Morgan fingerprint density at radius 2 is 1.93 bits per heavy atom. The zero-order valence-electron chi connectivity index (χ0n) is 8.17. The number of nitrogens with zero attached hydrogens (tertiary/aromatic N) is 4. The summed E-state index contributed by atoms with van der Waals surface area (Å²) in [6.45, 7) is 0. The number of aromatic nitrogens is 2. The number of hydrogen-bond acceptors (Lipinski definition) is 9. The Balaban J connectivity index is 0. The van der Waals surface area contributed by atoms with Gasteiger partial charge in [-0.05, 0) is 5.18 Å². The Morgan fingerprint density at radius 1 is 1.29 bits per heavy atom. The van der Waals surface area contributed by atoms with Crippen molar-refractivity contribution in [2.45, 2.75) is 0 Å². The first-order valence-corrected chi connectivity index (χ1v) is 2.95. The minimum absolute atomic E-state index is 0.